The van der Waals surface area contributed by atoms with Crippen molar-refractivity contribution in [2.45, 2.75) is 31.9 Å². The molecule has 12 heteroatoms. The summed E-state index contributed by atoms with van der Waals surface area (Å²) in [6, 6.07) is 3.43. The maximum Gasteiger partial charge on any atom is 0.543 e. The molecule has 3 aromatic rings. The van der Waals surface area contributed by atoms with Gasteiger partial charge in [-0.2, -0.15) is 36.9 Å². The van der Waals surface area contributed by atoms with Gasteiger partial charge < -0.3 is 9.13 Å². The topological polar surface area (TPSA) is 42.4 Å². The Morgan fingerprint density at radius 1 is 0.882 bits per heavy atom. The quantitative estimate of drug-likeness (QED) is 0.374. The molecule has 3 rings (SSSR count). The van der Waals surface area contributed by atoms with E-state index < -0.39 is 56.8 Å². The smallest absolute Gasteiger partial charge is 0.347 e. The van der Waals surface area contributed by atoms with Crippen LogP contribution in [0.4, 0.5) is 30.7 Å². The van der Waals surface area contributed by atoms with Gasteiger partial charge in [0.1, 0.15) is 18.5 Å². The molecule has 2 heterocycles. The molecule has 0 amide bonds. The lowest BCUT2D eigenvalue weighted by atomic mass is 9.93. The van der Waals surface area contributed by atoms with Crippen LogP contribution in [0, 0.1) is 24.5 Å². The highest BCUT2D eigenvalue weighted by atomic mass is 19.4. The summed E-state index contributed by atoms with van der Waals surface area (Å²) in [6.45, 7) is 15.9. The number of rotatable bonds is 2. The summed E-state index contributed by atoms with van der Waals surface area (Å²) in [6.07, 6.45) is -6.09. The maximum atomic E-state index is 15.0. The Balaban J connectivity index is 2.94. The SMILES string of the molecule is [C-]#[N+]C([N+]#[C-])=c1cc2c(C(F)(F)C(F)(F)F)c3c(c/c(=C(\C)C#N)n3C)c(C(C)(F)F)c2n1C. The van der Waals surface area contributed by atoms with Gasteiger partial charge in [-0.1, -0.05) is 0 Å². The van der Waals surface area contributed by atoms with E-state index in [1.807, 2.05) is 0 Å². The summed E-state index contributed by atoms with van der Waals surface area (Å²) in [5.74, 6) is -9.92. The number of halogens is 7. The van der Waals surface area contributed by atoms with Crippen molar-refractivity contribution in [1.82, 2.24) is 9.13 Å². The fourth-order valence-corrected chi connectivity index (χ4v) is 4.12. The summed E-state index contributed by atoms with van der Waals surface area (Å²) in [4.78, 5) is 5.88. The van der Waals surface area contributed by atoms with Crippen molar-refractivity contribution in [3.05, 3.63) is 56.8 Å². The van der Waals surface area contributed by atoms with Crippen molar-refractivity contribution >= 4 is 33.2 Å². The van der Waals surface area contributed by atoms with E-state index in [1.165, 1.54) is 6.92 Å². The zero-order chi connectivity index (χ0) is 26.0. The lowest BCUT2D eigenvalue weighted by Crippen LogP contribution is -2.35. The largest absolute Gasteiger partial charge is 0.543 e. The molecule has 0 saturated carbocycles. The number of alkyl halides is 7. The second-order valence-corrected chi connectivity index (χ2v) is 7.70. The molecule has 0 N–H and O–H groups in total. The summed E-state index contributed by atoms with van der Waals surface area (Å²) in [5.41, 5.74) is -4.07. The number of aromatic nitrogens is 2. The van der Waals surface area contributed by atoms with Crippen LogP contribution in [0.15, 0.2) is 12.1 Å². The van der Waals surface area contributed by atoms with E-state index in [2.05, 4.69) is 9.69 Å². The third-order valence-electron chi connectivity index (χ3n) is 5.58. The highest BCUT2D eigenvalue weighted by Crippen LogP contribution is 2.51. The van der Waals surface area contributed by atoms with Crippen molar-refractivity contribution < 1.29 is 30.7 Å². The Bertz CT molecular complexity index is 1590. The van der Waals surface area contributed by atoms with Crippen LogP contribution in [-0.2, 0) is 25.9 Å². The second kappa shape index (κ2) is 7.53. The van der Waals surface area contributed by atoms with Crippen molar-refractivity contribution in [1.29, 1.82) is 5.26 Å². The van der Waals surface area contributed by atoms with Gasteiger partial charge in [0.05, 0.1) is 39.2 Å². The highest BCUT2D eigenvalue weighted by molar-refractivity contribution is 6.05. The molecule has 0 spiro atoms. The molecule has 0 aliphatic rings. The first-order valence-electron chi connectivity index (χ1n) is 9.38. The number of nitriles is 1. The molecule has 2 aromatic heterocycles. The van der Waals surface area contributed by atoms with Crippen LogP contribution in [0.5, 0.6) is 0 Å². The third kappa shape index (κ3) is 3.28. The number of fused-ring (bicyclic) bond motifs is 2. The molecule has 0 aliphatic heterocycles. The van der Waals surface area contributed by atoms with E-state index in [0.717, 1.165) is 35.4 Å². The molecule has 0 aliphatic carbocycles. The Morgan fingerprint density at radius 3 is 1.76 bits per heavy atom. The van der Waals surface area contributed by atoms with Gasteiger partial charge in [-0.3, -0.25) is 0 Å². The van der Waals surface area contributed by atoms with Crippen LogP contribution >= 0.6 is 0 Å². The van der Waals surface area contributed by atoms with E-state index in [4.69, 9.17) is 13.1 Å². The number of aryl methyl sites for hydroxylation is 2. The lowest BCUT2D eigenvalue weighted by molar-refractivity contribution is -0.288. The van der Waals surface area contributed by atoms with Crippen LogP contribution in [0.1, 0.15) is 25.0 Å². The molecule has 34 heavy (non-hydrogen) atoms. The van der Waals surface area contributed by atoms with E-state index in [-0.39, 0.29) is 16.3 Å². The van der Waals surface area contributed by atoms with Gasteiger partial charge in [0.25, 0.3) is 5.92 Å². The van der Waals surface area contributed by atoms with Crippen LogP contribution in [-0.4, -0.2) is 15.3 Å². The molecule has 1 aromatic carbocycles. The van der Waals surface area contributed by atoms with Crippen LogP contribution < -0.4 is 10.7 Å². The molecular formula is C22H14F7N5. The van der Waals surface area contributed by atoms with Gasteiger partial charge in [0.15, 0.2) is 0 Å². The average molecular weight is 481 g/mol. The fourth-order valence-electron chi connectivity index (χ4n) is 4.12. The van der Waals surface area contributed by atoms with Gasteiger partial charge in [-0.15, -0.1) is 0 Å². The summed E-state index contributed by atoms with van der Waals surface area (Å²) in [5, 5.41) is 7.24. The van der Waals surface area contributed by atoms with E-state index in [1.54, 1.807) is 6.07 Å². The third-order valence-corrected chi connectivity index (χ3v) is 5.58. The Kier molecular flexibility index (Phi) is 5.46. The summed E-state index contributed by atoms with van der Waals surface area (Å²) >= 11 is 0. The first kappa shape index (κ1) is 24.7. The first-order valence-corrected chi connectivity index (χ1v) is 9.38. The van der Waals surface area contributed by atoms with Crippen molar-refractivity contribution in [2.24, 2.45) is 14.1 Å². The molecular weight excluding hydrogens is 467 g/mol. The van der Waals surface area contributed by atoms with Gasteiger partial charge in [0.2, 0.25) is 0 Å². The van der Waals surface area contributed by atoms with Crippen LogP contribution in [0.25, 0.3) is 42.9 Å². The minimum atomic E-state index is -6.09. The number of hydrogen-bond acceptors (Lipinski definition) is 1. The molecule has 5 nitrogen and oxygen atoms in total. The fraction of sp³-hybridized carbons (Fsp3) is 0.318. The van der Waals surface area contributed by atoms with Gasteiger partial charge in [-0.05, 0) is 19.1 Å². The number of hydrogen-bond donors (Lipinski definition) is 0. The zero-order valence-corrected chi connectivity index (χ0v) is 18.0. The van der Waals surface area contributed by atoms with E-state index in [9.17, 15) is 36.0 Å². The number of benzene rings is 1. The molecule has 0 radical (unpaired) electrons. The van der Waals surface area contributed by atoms with Crippen LogP contribution in [0.2, 0.25) is 0 Å². The van der Waals surface area contributed by atoms with Gasteiger partial charge >= 0.3 is 17.9 Å². The Hall–Kier alpha value is -3.98. The second-order valence-electron chi connectivity index (χ2n) is 7.70. The molecule has 176 valence electrons. The van der Waals surface area contributed by atoms with E-state index in [0.29, 0.717) is 6.92 Å². The molecule has 0 atom stereocenters. The normalized spacial score (nSPS) is 13.5. The molecule has 0 unspecified atom stereocenters. The monoisotopic (exact) mass is 481 g/mol. The zero-order valence-electron chi connectivity index (χ0n) is 18.0. The first-order chi connectivity index (χ1) is 15.5. The lowest BCUT2D eigenvalue weighted by Gasteiger charge is -2.25. The molecule has 0 fully saturated rings. The molecule has 0 bridgehead atoms. The predicted molar refractivity (Wildman–Crippen MR) is 109 cm³/mol. The van der Waals surface area contributed by atoms with Crippen molar-refractivity contribution in [3.8, 4) is 6.07 Å². The van der Waals surface area contributed by atoms with Crippen molar-refractivity contribution in [2.75, 3.05) is 0 Å². The maximum absolute atomic E-state index is 15.0. The molecule has 0 saturated heterocycles. The van der Waals surface area contributed by atoms with Gasteiger partial charge in [-0.25, -0.2) is 8.78 Å². The summed E-state index contributed by atoms with van der Waals surface area (Å²) < 4.78 is 102. The van der Waals surface area contributed by atoms with Crippen molar-refractivity contribution in [3.63, 3.8) is 0 Å². The minimum absolute atomic E-state index is 0.0910. The average Bonchev–Trinajstić information content (AvgIpc) is 3.22. The number of nitrogens with zero attached hydrogens (tertiary/aromatic N) is 5. The Morgan fingerprint density at radius 2 is 1.32 bits per heavy atom. The van der Waals surface area contributed by atoms with Gasteiger partial charge in [0, 0.05) is 31.8 Å². The van der Waals surface area contributed by atoms with Crippen LogP contribution in [0.3, 0.4) is 0 Å². The standard InChI is InChI=1S/C22H14F7N5/c1-10(9-30)13-7-11-15(20(2,23)24)17-12(8-14(34(17)6)19(31-3)32-4)16(18(11)33(13)5)21(25,26)22(27,28)29/h7-8H,1-2,5-6H3/b13-10-. The Labute approximate surface area is 187 Å². The summed E-state index contributed by atoms with van der Waals surface area (Å²) in [7, 11) is 2.19. The van der Waals surface area contributed by atoms with E-state index >= 15 is 0 Å². The highest BCUT2D eigenvalue weighted by Gasteiger charge is 2.61. The minimum Gasteiger partial charge on any atom is -0.347 e. The predicted octanol–water partition coefficient (Wildman–Crippen LogP) is 5.03.